The van der Waals surface area contributed by atoms with Crippen molar-refractivity contribution in [3.8, 4) is 0 Å². The van der Waals surface area contributed by atoms with Crippen molar-refractivity contribution in [3.05, 3.63) is 172 Å². The SMILES string of the molecule is CC[C@H]1O[C@@H](n2cc(C)c(=O)[nH]c2=O)CC1OP(O)(=S)OC[C@H]1O[C@@H](n2cc(C)c(N)nc2=O)CC1OP(=O)(S)OC[C@H]1O[C@@H](n2cc(C)c(=O)[nH]c2=O)CC1OP(O)(=S)OC[C@H]1O[C@@H](n2cc(C)c(N)nc2=O)CC1OP(O)(=S)OC[C@H]1O[C@@H](n2cnc3c(N)ncnc32)CC1OP(=O)(O)OC[C@H]1O[C@@H](n2cc(C)c(=O)[nH]c2=O)CC1OP(O)(=S)OC[C@H]1O[C@@H](n2cnc3c(=O)[nH]c(N)nc32)CC1OP(O)(=S)OC. The summed E-state index contributed by atoms with van der Waals surface area (Å²) >= 11 is 31.8. The van der Waals surface area contributed by atoms with Crippen LogP contribution in [-0.2, 0) is 165 Å². The Hall–Kier alpha value is -7.12. The number of hydrogen-bond acceptors (Lipinski definition) is 48. The number of aryl methyl sites for hydroxylation is 5. The number of nitrogen functional groups attached to an aromatic ring is 4. The molecule has 7 saturated heterocycles. The molecule has 16 rings (SSSR count). The molecule has 7 fully saturated rings. The van der Waals surface area contributed by atoms with E-state index in [0.29, 0.717) is 12.0 Å². The molecule has 0 amide bonds. The fourth-order valence-corrected chi connectivity index (χ4v) is 26.1. The maximum Gasteiger partial charge on any atom is 0.472 e. The minimum absolute atomic E-state index is 0.00700. The Labute approximate surface area is 845 Å². The van der Waals surface area contributed by atoms with Crippen molar-refractivity contribution in [2.24, 2.45) is 0 Å². The molecule has 0 spiro atoms. The Kier molecular flexibility index (Phi) is 33.8. The Morgan fingerprint density at radius 1 is 0.372 bits per heavy atom. The fraction of sp³-hybridized carbons (Fsp3) is 0.583. The van der Waals surface area contributed by atoms with Gasteiger partial charge in [0.15, 0.2) is 22.6 Å². The number of rotatable bonds is 41. The molecule has 794 valence electrons. The van der Waals surface area contributed by atoms with E-state index in [1.807, 2.05) is 0 Å². The lowest BCUT2D eigenvalue weighted by atomic mass is 10.1. The van der Waals surface area contributed by atoms with E-state index in [1.54, 1.807) is 13.8 Å². The van der Waals surface area contributed by atoms with E-state index in [2.05, 4.69) is 67.1 Å². The Morgan fingerprint density at radius 2 is 0.683 bits per heavy atom. The summed E-state index contributed by atoms with van der Waals surface area (Å²) in [6.45, 7) is -23.2. The number of nitrogens with one attached hydrogen (secondary N) is 4. The summed E-state index contributed by atoms with van der Waals surface area (Å²) in [4.78, 5) is 226. The summed E-state index contributed by atoms with van der Waals surface area (Å²) in [5, 5.41) is 0. The average Bonchev–Trinajstić information content (AvgIpc) is 1.63. The van der Waals surface area contributed by atoms with Crippen LogP contribution in [0.5, 0.6) is 0 Å². The number of aromatic amines is 4. The summed E-state index contributed by atoms with van der Waals surface area (Å²) in [5.74, 6) is -0.564. The number of phosphoric ester groups is 1. The van der Waals surface area contributed by atoms with E-state index in [4.69, 9.17) is 178 Å². The van der Waals surface area contributed by atoms with Crippen LogP contribution in [0.2, 0.25) is 0 Å². The normalized spacial score (nSPS) is 29.5. The Balaban J connectivity index is 0.605. The molecule has 7 aliphatic rings. The highest BCUT2D eigenvalue weighted by atomic mass is 32.7. The summed E-state index contributed by atoms with van der Waals surface area (Å²) in [5.41, 5.74) is 17.7. The first-order valence-corrected chi connectivity index (χ1v) is 60.7. The number of anilines is 4. The second kappa shape index (κ2) is 44.3. The predicted octanol–water partition coefficient (Wildman–Crippen LogP) is 1.08. The van der Waals surface area contributed by atoms with Crippen molar-refractivity contribution in [1.29, 1.82) is 0 Å². The van der Waals surface area contributed by atoms with E-state index >= 15 is 0 Å². The van der Waals surface area contributed by atoms with E-state index in [1.165, 1.54) is 68.1 Å². The van der Waals surface area contributed by atoms with Gasteiger partial charge in [0.25, 0.3) is 22.2 Å². The van der Waals surface area contributed by atoms with Crippen molar-refractivity contribution in [3.63, 3.8) is 0 Å². The number of fused-ring (bicyclic) bond motifs is 2. The highest BCUT2D eigenvalue weighted by Gasteiger charge is 2.52. The zero-order valence-corrected chi connectivity index (χ0v) is 87.8. The van der Waals surface area contributed by atoms with Gasteiger partial charge < -0.3 is 131 Å². The molecule has 9 aromatic heterocycles. The summed E-state index contributed by atoms with van der Waals surface area (Å²) in [6.07, 6.45) is -20.2. The number of nitrogens with two attached hydrogens (primary N) is 4. The fourth-order valence-electron chi connectivity index (χ4n) is 16.8. The topological polar surface area (TPSA) is 795 Å². The number of phosphoric acid groups is 1. The third-order valence-corrected chi connectivity index (χ3v) is 34.7. The number of aromatic nitrogens is 18. The molecule has 16 heterocycles. The van der Waals surface area contributed by atoms with Gasteiger partial charge in [0.05, 0.1) is 88.9 Å². The molecule has 14 unspecified atom stereocenters. The molecule has 18 N–H and O–H groups in total. The van der Waals surface area contributed by atoms with Gasteiger partial charge in [-0.25, -0.2) is 53.0 Å². The second-order valence-corrected chi connectivity index (χ2v) is 52.3. The van der Waals surface area contributed by atoms with Crippen molar-refractivity contribution >= 4 is 165 Å². The molecule has 9 aromatic rings. The van der Waals surface area contributed by atoms with Gasteiger partial charge in [-0.05, 0) is 100 Å². The molecule has 60 nitrogen and oxygen atoms in total. The van der Waals surface area contributed by atoms with Gasteiger partial charge in [-0.1, -0.05) is 19.2 Å². The molecule has 145 heavy (non-hydrogen) atoms. The molecule has 0 radical (unpaired) electrons. The van der Waals surface area contributed by atoms with E-state index in [9.17, 15) is 81.6 Å². The maximum atomic E-state index is 14.8. The first-order chi connectivity index (χ1) is 68.2. The van der Waals surface area contributed by atoms with Crippen molar-refractivity contribution in [2.45, 2.75) is 222 Å². The van der Waals surface area contributed by atoms with Crippen molar-refractivity contribution in [2.75, 3.05) is 69.7 Å². The minimum Gasteiger partial charge on any atom is -0.383 e. The van der Waals surface area contributed by atoms with Gasteiger partial charge in [-0.15, -0.1) is 0 Å². The molecule has 0 saturated carbocycles. The molecule has 7 aliphatic heterocycles. The lowest BCUT2D eigenvalue weighted by molar-refractivity contribution is -0.0595. The van der Waals surface area contributed by atoms with Crippen LogP contribution in [0, 0.1) is 34.6 Å². The van der Waals surface area contributed by atoms with Gasteiger partial charge in [0.1, 0.15) is 116 Å². The third kappa shape index (κ3) is 26.1. The van der Waals surface area contributed by atoms with Gasteiger partial charge in [-0.3, -0.25) is 89.2 Å². The van der Waals surface area contributed by atoms with Gasteiger partial charge >= 0.3 is 76.7 Å². The van der Waals surface area contributed by atoms with Crippen molar-refractivity contribution < 1.29 is 135 Å². The third-order valence-electron chi connectivity index (χ3n) is 24.0. The maximum absolute atomic E-state index is 14.8. The van der Waals surface area contributed by atoms with Gasteiger partial charge in [0, 0.05) is 111 Å². The van der Waals surface area contributed by atoms with Crippen LogP contribution in [-0.4, -0.2) is 248 Å². The van der Waals surface area contributed by atoms with Crippen molar-refractivity contribution in [1.82, 2.24) is 86.8 Å². The number of imidazole rings is 2. The molecule has 0 bridgehead atoms. The summed E-state index contributed by atoms with van der Waals surface area (Å²) < 4.78 is 164. The van der Waals surface area contributed by atoms with Crippen LogP contribution in [0.15, 0.2) is 93.1 Å². The summed E-state index contributed by atoms with van der Waals surface area (Å²) in [7, 11) is -4.43. The van der Waals surface area contributed by atoms with Crippen LogP contribution in [0.3, 0.4) is 0 Å². The van der Waals surface area contributed by atoms with Crippen LogP contribution in [0.25, 0.3) is 22.3 Å². The number of ether oxygens (including phenoxy) is 7. The number of nitrogens with zero attached hydrogens (tertiary/aromatic N) is 14. The largest absolute Gasteiger partial charge is 0.472 e. The first kappa shape index (κ1) is 111. The van der Waals surface area contributed by atoms with E-state index < -0.39 is 293 Å². The molecule has 0 aromatic carbocycles. The Bertz CT molecular complexity index is 7380. The summed E-state index contributed by atoms with van der Waals surface area (Å²) in [6, 6.07) is 0. The zero-order valence-electron chi connectivity index (χ0n) is 76.6. The van der Waals surface area contributed by atoms with Crippen LogP contribution < -0.4 is 73.6 Å². The number of H-pyrrole nitrogens is 4. The standard InChI is InChI=1S/C72H97N22O38P7S6/c1-8-35-36(9-49(119-35)90-18-32(4)63(95)85-70(90)101)128-135(107,141)115-24-46-40(12-50(121-46)88-16-30(2)58(73)81-68(88)99)131-138(110,144)118-26-48-42(14-53(123-48)92-20-34(6)65(97)87-72(92)103)132-139(111,145)117-25-47-41(13-51(122-47)89-17-31(3)59(74)82-69(89)100)130-136(108,142)114-22-44-37(10-54(124-44)93-28-79-56-60(75)77-27-78-61(56)93)126-133(104,105)113-21-43-39(11-52(120-43)91-19-33(5)64(96)86-71(91)102)129-137(109,143)116-23-45-38(127-134(106,140)112-7)15-55(125-45)94-29-80-57-62(94)83-67(76)84-66(57)98/h16-20,27-29,35-55H,8-15,21-26H2,1-7H3,(H,104,105)(H,106,140)(H,107,141)(H,108,142)(H,109,143)(H,110,144)(H,111,145)(H2,73,81,99)(H2,74,82,100)(H2,75,77,78)(H,85,95,101)(H,86,96,102)(H,87,97,103)(H3,76,83,84,98)/t35-,36?,37?,38?,39?,40?,41?,42?,43-,44-,45-,46-,47-,48-,49-,50-,51-,52-,53-,54-,55-,134?,135?,136?,137?,138?,139?/m1/s1. The first-order valence-electron chi connectivity index (χ1n) is 43.6. The quantitative estimate of drug-likeness (QED) is 0.0188. The van der Waals surface area contributed by atoms with Crippen LogP contribution in [0.1, 0.15) is 130 Å². The smallest absolute Gasteiger partial charge is 0.383 e. The van der Waals surface area contributed by atoms with Gasteiger partial charge in [0.2, 0.25) is 5.95 Å². The lowest BCUT2D eigenvalue weighted by Gasteiger charge is -2.28. The van der Waals surface area contributed by atoms with Crippen LogP contribution >= 0.6 is 60.5 Å². The van der Waals surface area contributed by atoms with E-state index in [-0.39, 0.29) is 87.2 Å². The molecular weight excluding hydrogens is 2190 g/mol. The lowest BCUT2D eigenvalue weighted by Crippen LogP contribution is -2.33. The van der Waals surface area contributed by atoms with E-state index in [0.717, 1.165) is 48.7 Å². The van der Waals surface area contributed by atoms with Crippen LogP contribution in [0.4, 0.5) is 23.4 Å². The molecule has 28 atom stereocenters. The number of hydrogen-bond donors (Lipinski definition) is 15. The highest BCUT2D eigenvalue weighted by molar-refractivity contribution is 8.44. The molecular formula is C72H97N22O38P7S6. The monoisotopic (exact) mass is 2290 g/mol. The Morgan fingerprint density at radius 3 is 1.06 bits per heavy atom. The minimum atomic E-state index is -5.53. The average molecular weight is 2290 g/mol. The van der Waals surface area contributed by atoms with Gasteiger partial charge in [-0.2, -0.15) is 15.0 Å². The zero-order chi connectivity index (χ0) is 105. The molecule has 73 heteroatoms. The highest BCUT2D eigenvalue weighted by Crippen LogP contribution is 2.60. The number of thiol groups is 1. The second-order valence-electron chi connectivity index (χ2n) is 34.0. The molecule has 0 aliphatic carbocycles. The predicted molar refractivity (Wildman–Crippen MR) is 522 cm³/mol.